The zero-order chi connectivity index (χ0) is 16.8. The normalized spacial score (nSPS) is 20.5. The number of carbonyl (C=O) groups is 2. The van der Waals surface area contributed by atoms with E-state index in [-0.39, 0.29) is 6.04 Å². The Morgan fingerprint density at radius 1 is 1.09 bits per heavy atom. The van der Waals surface area contributed by atoms with E-state index in [2.05, 4.69) is 17.6 Å². The van der Waals surface area contributed by atoms with Crippen molar-refractivity contribution in [2.75, 3.05) is 19.5 Å². The number of methoxy groups -OCH3 is 2. The van der Waals surface area contributed by atoms with Crippen molar-refractivity contribution in [3.8, 4) is 11.5 Å². The Balaban J connectivity index is 1.99. The van der Waals surface area contributed by atoms with Gasteiger partial charge in [0.25, 0.3) is 0 Å². The molecule has 0 saturated heterocycles. The van der Waals surface area contributed by atoms with Crippen LogP contribution in [0.25, 0.3) is 0 Å². The van der Waals surface area contributed by atoms with Crippen LogP contribution in [0.5, 0.6) is 11.5 Å². The Kier molecular flexibility index (Phi) is 5.84. The molecule has 0 heterocycles. The van der Waals surface area contributed by atoms with E-state index in [1.165, 1.54) is 13.5 Å². The van der Waals surface area contributed by atoms with E-state index in [4.69, 9.17) is 9.47 Å². The molecule has 0 bridgehead atoms. The van der Waals surface area contributed by atoms with Gasteiger partial charge in [-0.05, 0) is 30.9 Å². The molecule has 0 aliphatic heterocycles. The van der Waals surface area contributed by atoms with Gasteiger partial charge in [-0.25, -0.2) is 0 Å². The zero-order valence-corrected chi connectivity index (χ0v) is 13.8. The van der Waals surface area contributed by atoms with Crippen molar-refractivity contribution in [3.05, 3.63) is 18.2 Å². The maximum atomic E-state index is 12.1. The van der Waals surface area contributed by atoms with Crippen LogP contribution >= 0.6 is 0 Å². The largest absolute Gasteiger partial charge is 0.497 e. The molecule has 2 N–H and O–H groups in total. The molecule has 2 amide bonds. The minimum absolute atomic E-state index is 0.0692. The first-order chi connectivity index (χ1) is 11.0. The molecule has 2 atom stereocenters. The number of rotatable bonds is 4. The van der Waals surface area contributed by atoms with Gasteiger partial charge in [-0.2, -0.15) is 0 Å². The first kappa shape index (κ1) is 17.1. The van der Waals surface area contributed by atoms with Crippen LogP contribution in [0.1, 0.15) is 32.6 Å². The van der Waals surface area contributed by atoms with Crippen molar-refractivity contribution >= 4 is 17.5 Å². The summed E-state index contributed by atoms with van der Waals surface area (Å²) in [4.78, 5) is 24.2. The molecule has 1 aromatic rings. The fraction of sp³-hybridized carbons (Fsp3) is 0.529. The summed E-state index contributed by atoms with van der Waals surface area (Å²) in [5.41, 5.74) is 0.435. The third-order valence-electron chi connectivity index (χ3n) is 4.29. The number of benzene rings is 1. The van der Waals surface area contributed by atoms with Gasteiger partial charge in [0.1, 0.15) is 11.5 Å². The van der Waals surface area contributed by atoms with E-state index >= 15 is 0 Å². The molecular formula is C17H24N2O4. The van der Waals surface area contributed by atoms with Gasteiger partial charge in [-0.15, -0.1) is 0 Å². The molecule has 0 unspecified atom stereocenters. The summed E-state index contributed by atoms with van der Waals surface area (Å²) in [6.45, 7) is 2.11. The van der Waals surface area contributed by atoms with Crippen molar-refractivity contribution in [3.63, 3.8) is 0 Å². The van der Waals surface area contributed by atoms with Gasteiger partial charge in [0.15, 0.2) is 0 Å². The van der Waals surface area contributed by atoms with Crippen LogP contribution in [0.15, 0.2) is 18.2 Å². The number of ether oxygens (including phenoxy) is 2. The third-order valence-corrected chi connectivity index (χ3v) is 4.29. The van der Waals surface area contributed by atoms with Crippen LogP contribution in [0.3, 0.4) is 0 Å². The van der Waals surface area contributed by atoms with Crippen molar-refractivity contribution in [1.82, 2.24) is 5.32 Å². The molecule has 6 heteroatoms. The number of hydrogen-bond acceptors (Lipinski definition) is 4. The Bertz CT molecular complexity index is 574. The number of anilines is 1. The topological polar surface area (TPSA) is 76.7 Å². The number of hydrogen-bond donors (Lipinski definition) is 2. The van der Waals surface area contributed by atoms with E-state index in [9.17, 15) is 9.59 Å². The molecule has 1 aromatic carbocycles. The van der Waals surface area contributed by atoms with E-state index in [0.29, 0.717) is 23.1 Å². The van der Waals surface area contributed by atoms with Crippen LogP contribution in [0, 0.1) is 5.92 Å². The number of amides is 2. The van der Waals surface area contributed by atoms with Crippen molar-refractivity contribution in [2.24, 2.45) is 5.92 Å². The molecule has 23 heavy (non-hydrogen) atoms. The predicted molar refractivity (Wildman–Crippen MR) is 87.7 cm³/mol. The Labute approximate surface area is 136 Å². The van der Waals surface area contributed by atoms with Gasteiger partial charge in [0.05, 0.1) is 19.9 Å². The smallest absolute Gasteiger partial charge is 0.313 e. The van der Waals surface area contributed by atoms with Crippen LogP contribution < -0.4 is 20.1 Å². The highest BCUT2D eigenvalue weighted by molar-refractivity contribution is 6.39. The monoisotopic (exact) mass is 320 g/mol. The maximum absolute atomic E-state index is 12.1. The molecule has 0 radical (unpaired) electrons. The molecule has 1 aliphatic rings. The van der Waals surface area contributed by atoms with Gasteiger partial charge in [-0.3, -0.25) is 9.59 Å². The average molecular weight is 320 g/mol. The third kappa shape index (κ3) is 4.37. The second kappa shape index (κ2) is 7.85. The molecule has 0 spiro atoms. The zero-order valence-electron chi connectivity index (χ0n) is 13.8. The van der Waals surface area contributed by atoms with E-state index in [1.54, 1.807) is 25.3 Å². The summed E-state index contributed by atoms with van der Waals surface area (Å²) >= 11 is 0. The van der Waals surface area contributed by atoms with Crippen molar-refractivity contribution in [2.45, 2.75) is 38.6 Å². The molecule has 1 saturated carbocycles. The summed E-state index contributed by atoms with van der Waals surface area (Å²) in [6, 6.07) is 5.06. The van der Waals surface area contributed by atoms with Gasteiger partial charge in [0, 0.05) is 12.1 Å². The van der Waals surface area contributed by atoms with Crippen LogP contribution in [-0.4, -0.2) is 32.1 Å². The Hall–Kier alpha value is -2.24. The molecule has 6 nitrogen and oxygen atoms in total. The summed E-state index contributed by atoms with van der Waals surface area (Å²) in [5.74, 6) is 0.153. The molecular weight excluding hydrogens is 296 g/mol. The van der Waals surface area contributed by atoms with Crippen LogP contribution in [-0.2, 0) is 9.59 Å². The Morgan fingerprint density at radius 3 is 2.48 bits per heavy atom. The first-order valence-corrected chi connectivity index (χ1v) is 7.89. The molecule has 2 rings (SSSR count). The first-order valence-electron chi connectivity index (χ1n) is 7.89. The van der Waals surface area contributed by atoms with Gasteiger partial charge in [0.2, 0.25) is 0 Å². The van der Waals surface area contributed by atoms with E-state index in [1.807, 2.05) is 0 Å². The van der Waals surface area contributed by atoms with Crippen molar-refractivity contribution < 1.29 is 19.1 Å². The molecule has 126 valence electrons. The molecule has 1 aliphatic carbocycles. The summed E-state index contributed by atoms with van der Waals surface area (Å²) < 4.78 is 10.3. The van der Waals surface area contributed by atoms with E-state index < -0.39 is 11.8 Å². The lowest BCUT2D eigenvalue weighted by Gasteiger charge is -2.29. The fourth-order valence-electron chi connectivity index (χ4n) is 2.85. The lowest BCUT2D eigenvalue weighted by molar-refractivity contribution is -0.137. The standard InChI is InChI=1S/C17H24N2O4/c1-11-6-4-5-7-13(11)18-16(20)17(21)19-14-9-8-12(22-2)10-15(14)23-3/h8-11,13H,4-7H2,1-3H3,(H,18,20)(H,19,21)/t11-,13+/m1/s1. The highest BCUT2D eigenvalue weighted by Crippen LogP contribution is 2.29. The predicted octanol–water partition coefficient (Wildman–Crippen LogP) is 2.34. The highest BCUT2D eigenvalue weighted by atomic mass is 16.5. The second-order valence-corrected chi connectivity index (χ2v) is 5.86. The minimum Gasteiger partial charge on any atom is -0.497 e. The molecule has 0 aromatic heterocycles. The fourth-order valence-corrected chi connectivity index (χ4v) is 2.85. The van der Waals surface area contributed by atoms with Crippen molar-refractivity contribution in [1.29, 1.82) is 0 Å². The van der Waals surface area contributed by atoms with Crippen LogP contribution in [0.2, 0.25) is 0 Å². The van der Waals surface area contributed by atoms with Crippen LogP contribution in [0.4, 0.5) is 5.69 Å². The molecule has 1 fully saturated rings. The van der Waals surface area contributed by atoms with Gasteiger partial charge >= 0.3 is 11.8 Å². The summed E-state index contributed by atoms with van der Waals surface area (Å²) in [5, 5.41) is 5.42. The highest BCUT2D eigenvalue weighted by Gasteiger charge is 2.25. The lowest BCUT2D eigenvalue weighted by Crippen LogP contribution is -2.45. The lowest BCUT2D eigenvalue weighted by atomic mass is 9.86. The quantitative estimate of drug-likeness (QED) is 0.835. The maximum Gasteiger partial charge on any atom is 0.313 e. The summed E-state index contributed by atoms with van der Waals surface area (Å²) in [7, 11) is 3.04. The number of carbonyl (C=O) groups excluding carboxylic acids is 2. The van der Waals surface area contributed by atoms with Gasteiger partial charge < -0.3 is 20.1 Å². The SMILES string of the molecule is COc1ccc(NC(=O)C(=O)N[C@H]2CCCC[C@H]2C)c(OC)c1. The average Bonchev–Trinajstić information content (AvgIpc) is 2.57. The second-order valence-electron chi connectivity index (χ2n) is 5.86. The minimum atomic E-state index is -0.689. The van der Waals surface area contributed by atoms with E-state index in [0.717, 1.165) is 19.3 Å². The Morgan fingerprint density at radius 2 is 1.83 bits per heavy atom. The summed E-state index contributed by atoms with van der Waals surface area (Å²) in [6.07, 6.45) is 4.27. The number of nitrogens with one attached hydrogen (secondary N) is 2. The van der Waals surface area contributed by atoms with Gasteiger partial charge in [-0.1, -0.05) is 19.8 Å².